The van der Waals surface area contributed by atoms with Crippen molar-refractivity contribution >= 4 is 39.5 Å². The number of hydrogen-bond acceptors (Lipinski definition) is 15. The van der Waals surface area contributed by atoms with E-state index in [0.29, 0.717) is 25.7 Å². The van der Waals surface area contributed by atoms with Gasteiger partial charge in [-0.2, -0.15) is 0 Å². The topological polar surface area (TPSA) is 237 Å². The molecule has 630 valence electrons. The van der Waals surface area contributed by atoms with E-state index in [4.69, 9.17) is 37.0 Å². The first-order valence-electron chi connectivity index (χ1n) is 45.1. The number of esters is 4. The van der Waals surface area contributed by atoms with E-state index in [9.17, 15) is 43.2 Å². The molecular weight excluding hydrogens is 1380 g/mol. The Morgan fingerprint density at radius 2 is 0.434 bits per heavy atom. The van der Waals surface area contributed by atoms with Crippen LogP contribution in [0, 0.1) is 5.92 Å². The highest BCUT2D eigenvalue weighted by Gasteiger charge is 2.30. The molecule has 19 heteroatoms. The zero-order valence-corrected chi connectivity index (χ0v) is 71.4. The van der Waals surface area contributed by atoms with Crippen molar-refractivity contribution in [3.8, 4) is 0 Å². The van der Waals surface area contributed by atoms with Gasteiger partial charge in [0.15, 0.2) is 12.2 Å². The highest BCUT2D eigenvalue weighted by atomic mass is 31.2. The Morgan fingerprint density at radius 3 is 0.642 bits per heavy atom. The van der Waals surface area contributed by atoms with Crippen molar-refractivity contribution in [1.82, 2.24) is 0 Å². The van der Waals surface area contributed by atoms with Crippen molar-refractivity contribution in [2.24, 2.45) is 5.92 Å². The van der Waals surface area contributed by atoms with Gasteiger partial charge in [-0.15, -0.1) is 0 Å². The predicted molar refractivity (Wildman–Crippen MR) is 437 cm³/mol. The number of hydrogen-bond donors (Lipinski definition) is 3. The molecule has 0 amide bonds. The summed E-state index contributed by atoms with van der Waals surface area (Å²) in [7, 11) is -9.93. The maximum atomic E-state index is 13.2. The van der Waals surface area contributed by atoms with Crippen LogP contribution in [0.1, 0.15) is 471 Å². The van der Waals surface area contributed by atoms with Crippen molar-refractivity contribution in [3.05, 3.63) is 0 Å². The van der Waals surface area contributed by atoms with Crippen LogP contribution in [0.5, 0.6) is 0 Å². The Bertz CT molecular complexity index is 2010. The summed E-state index contributed by atoms with van der Waals surface area (Å²) in [5, 5.41) is 10.7. The fraction of sp³-hybridized carbons (Fsp3) is 0.954. The van der Waals surface area contributed by atoms with E-state index >= 15 is 0 Å². The molecule has 5 atom stereocenters. The number of carbonyl (C=O) groups is 4. The number of carbonyl (C=O) groups excluding carboxylic acids is 4. The van der Waals surface area contributed by atoms with Crippen molar-refractivity contribution in [1.29, 1.82) is 0 Å². The van der Waals surface area contributed by atoms with Crippen LogP contribution in [0.3, 0.4) is 0 Å². The first-order chi connectivity index (χ1) is 51.5. The molecule has 0 saturated heterocycles. The molecule has 0 aromatic heterocycles. The van der Waals surface area contributed by atoms with Crippen LogP contribution in [0.25, 0.3) is 0 Å². The molecule has 0 heterocycles. The molecule has 0 rings (SSSR count). The molecule has 0 aliphatic heterocycles. The van der Waals surface area contributed by atoms with Gasteiger partial charge in [-0.25, -0.2) is 9.13 Å². The molecule has 2 unspecified atom stereocenters. The third-order valence-corrected chi connectivity index (χ3v) is 22.4. The Hall–Kier alpha value is -1.94. The molecule has 0 aromatic rings. The fourth-order valence-corrected chi connectivity index (χ4v) is 15.2. The minimum absolute atomic E-state index is 0.109. The predicted octanol–water partition coefficient (Wildman–Crippen LogP) is 26.8. The Morgan fingerprint density at radius 1 is 0.255 bits per heavy atom. The van der Waals surface area contributed by atoms with E-state index < -0.39 is 97.5 Å². The maximum Gasteiger partial charge on any atom is 0.472 e. The summed E-state index contributed by atoms with van der Waals surface area (Å²) in [5.74, 6) is -1.30. The van der Waals surface area contributed by atoms with Crippen molar-refractivity contribution in [3.63, 3.8) is 0 Å². The average molecular weight is 1550 g/mol. The van der Waals surface area contributed by atoms with Crippen LogP contribution in [0.15, 0.2) is 0 Å². The summed E-state index contributed by atoms with van der Waals surface area (Å²) in [6, 6.07) is 0. The number of ether oxygens (including phenoxy) is 4. The van der Waals surface area contributed by atoms with Gasteiger partial charge in [0.05, 0.1) is 26.4 Å². The third-order valence-electron chi connectivity index (χ3n) is 20.5. The van der Waals surface area contributed by atoms with Gasteiger partial charge in [-0.3, -0.25) is 37.3 Å². The molecule has 0 bridgehead atoms. The summed E-state index contributed by atoms with van der Waals surface area (Å²) < 4.78 is 69.0. The Labute approximate surface area is 651 Å². The number of aliphatic hydroxyl groups is 1. The average Bonchev–Trinajstić information content (AvgIpc) is 0.922. The lowest BCUT2D eigenvalue weighted by molar-refractivity contribution is -0.161. The van der Waals surface area contributed by atoms with Crippen molar-refractivity contribution in [2.45, 2.75) is 490 Å². The number of rotatable bonds is 87. The first kappa shape index (κ1) is 104. The summed E-state index contributed by atoms with van der Waals surface area (Å²) in [4.78, 5) is 73.3. The lowest BCUT2D eigenvalue weighted by Crippen LogP contribution is -2.30. The molecule has 0 radical (unpaired) electrons. The Kier molecular flexibility index (Phi) is 78.2. The second-order valence-corrected chi connectivity index (χ2v) is 34.7. The monoisotopic (exact) mass is 1550 g/mol. The highest BCUT2D eigenvalue weighted by molar-refractivity contribution is 7.47. The summed E-state index contributed by atoms with van der Waals surface area (Å²) >= 11 is 0. The first-order valence-corrected chi connectivity index (χ1v) is 48.1. The molecule has 0 aliphatic carbocycles. The molecule has 0 fully saturated rings. The minimum Gasteiger partial charge on any atom is -0.462 e. The minimum atomic E-state index is -4.97. The van der Waals surface area contributed by atoms with E-state index in [2.05, 4.69) is 34.6 Å². The van der Waals surface area contributed by atoms with Gasteiger partial charge in [0.25, 0.3) is 0 Å². The van der Waals surface area contributed by atoms with Crippen LogP contribution in [-0.2, 0) is 65.4 Å². The van der Waals surface area contributed by atoms with Crippen LogP contribution in [0.2, 0.25) is 0 Å². The number of aliphatic hydroxyl groups excluding tert-OH is 1. The molecule has 3 N–H and O–H groups in total. The smallest absolute Gasteiger partial charge is 0.462 e. The van der Waals surface area contributed by atoms with E-state index in [1.807, 2.05) is 0 Å². The second-order valence-electron chi connectivity index (χ2n) is 31.8. The molecule has 106 heavy (non-hydrogen) atoms. The fourth-order valence-electron chi connectivity index (χ4n) is 13.6. The zero-order chi connectivity index (χ0) is 77.6. The zero-order valence-electron chi connectivity index (χ0n) is 69.6. The van der Waals surface area contributed by atoms with Crippen LogP contribution in [-0.4, -0.2) is 96.7 Å². The molecule has 17 nitrogen and oxygen atoms in total. The van der Waals surface area contributed by atoms with Gasteiger partial charge in [0.1, 0.15) is 19.3 Å². The van der Waals surface area contributed by atoms with Gasteiger partial charge in [-0.05, 0) is 31.6 Å². The summed E-state index contributed by atoms with van der Waals surface area (Å²) in [5.41, 5.74) is 0. The van der Waals surface area contributed by atoms with Crippen molar-refractivity contribution in [2.75, 3.05) is 39.6 Å². The van der Waals surface area contributed by atoms with Crippen LogP contribution < -0.4 is 0 Å². The van der Waals surface area contributed by atoms with Crippen LogP contribution >= 0.6 is 15.6 Å². The number of phosphoric ester groups is 2. The number of phosphoric acid groups is 2. The standard InChI is InChI=1S/C87H170O17P2/c1-6-9-12-15-18-21-24-27-29-30-31-32-33-34-35-36-43-48-53-58-63-68-73-87(92)104-83(77-98-85(90)71-66-61-56-51-46-42-38-37-40-44-49-54-59-64-69-80(4)5)79-102-106(95,96)100-75-81(88)74-99-105(93,94)101-78-82(76-97-84(89)70-65-60-55-50-45-39-26-23-20-17-14-11-8-3)103-86(91)72-67-62-57-52-47-41-28-25-22-19-16-13-10-7-2/h80-83,88H,6-79H2,1-5H3,(H,93,94)(H,95,96)/t81-,82+,83+/m0/s1. The van der Waals surface area contributed by atoms with Crippen molar-refractivity contribution < 1.29 is 80.2 Å². The van der Waals surface area contributed by atoms with E-state index in [1.165, 1.54) is 295 Å². The van der Waals surface area contributed by atoms with E-state index in [0.717, 1.165) is 95.8 Å². The maximum absolute atomic E-state index is 13.2. The van der Waals surface area contributed by atoms with Crippen LogP contribution in [0.4, 0.5) is 0 Å². The lowest BCUT2D eigenvalue weighted by Gasteiger charge is -2.21. The molecule has 0 aliphatic rings. The quantitative estimate of drug-likeness (QED) is 0.0222. The lowest BCUT2D eigenvalue weighted by atomic mass is 10.0. The molecule has 0 aromatic carbocycles. The largest absolute Gasteiger partial charge is 0.472 e. The van der Waals surface area contributed by atoms with E-state index in [1.54, 1.807) is 0 Å². The van der Waals surface area contributed by atoms with Gasteiger partial charge in [0, 0.05) is 25.7 Å². The summed E-state index contributed by atoms with van der Waals surface area (Å²) in [6.07, 6.45) is 73.5. The molecule has 0 spiro atoms. The number of unbranched alkanes of at least 4 members (excludes halogenated alkanes) is 59. The molecular formula is C87H170O17P2. The van der Waals surface area contributed by atoms with Gasteiger partial charge in [0.2, 0.25) is 0 Å². The van der Waals surface area contributed by atoms with E-state index in [-0.39, 0.29) is 25.7 Å². The van der Waals surface area contributed by atoms with Gasteiger partial charge in [-0.1, -0.05) is 420 Å². The Balaban J connectivity index is 5.24. The second kappa shape index (κ2) is 79.7. The highest BCUT2D eigenvalue weighted by Crippen LogP contribution is 2.45. The third kappa shape index (κ3) is 80.1. The SMILES string of the molecule is CCCCCCCCCCCCCCCCCCCCCCCCC(=O)O[C@H](COC(=O)CCCCCCCCCCCCCCCCC(C)C)COP(=O)(O)OC[C@@H](O)COP(=O)(O)OC[C@@H](COC(=O)CCCCCCCCCCCCCCC)OC(=O)CCCCCCCCCCCCCCCC. The molecule has 0 saturated carbocycles. The normalized spacial score (nSPS) is 13.7. The summed E-state index contributed by atoms with van der Waals surface area (Å²) in [6.45, 7) is 7.40. The van der Waals surface area contributed by atoms with Gasteiger partial charge < -0.3 is 33.8 Å². The van der Waals surface area contributed by atoms with Gasteiger partial charge >= 0.3 is 39.5 Å².